The molecule has 1 heteroatoms. The van der Waals surface area contributed by atoms with Crippen molar-refractivity contribution in [2.45, 2.75) is 70.3 Å². The summed E-state index contributed by atoms with van der Waals surface area (Å²) in [4.78, 5) is 0. The van der Waals surface area contributed by atoms with E-state index in [0.717, 1.165) is 12.8 Å². The van der Waals surface area contributed by atoms with E-state index >= 15 is 0 Å². The Hall–Kier alpha value is -0.560. The van der Waals surface area contributed by atoms with E-state index in [1.807, 2.05) is 0 Å². The first-order chi connectivity index (χ1) is 7.88. The van der Waals surface area contributed by atoms with Crippen molar-refractivity contribution >= 4 is 0 Å². The molecule has 0 bridgehead atoms. The van der Waals surface area contributed by atoms with E-state index in [9.17, 15) is 5.11 Å². The van der Waals surface area contributed by atoms with Gasteiger partial charge in [-0.25, -0.2) is 0 Å². The summed E-state index contributed by atoms with van der Waals surface area (Å²) >= 11 is 0. The largest absolute Gasteiger partial charge is 0.384 e. The maximum absolute atomic E-state index is 10.4. The first-order valence-corrected chi connectivity index (χ1v) is 6.94. The molecule has 0 aliphatic heterocycles. The molecule has 0 atom stereocenters. The first-order valence-electron chi connectivity index (χ1n) is 6.94. The summed E-state index contributed by atoms with van der Waals surface area (Å²) in [5, 5.41) is 10.4. The molecule has 2 rings (SSSR count). The van der Waals surface area contributed by atoms with E-state index in [1.165, 1.54) is 62.5 Å². The van der Waals surface area contributed by atoms with Gasteiger partial charge in [-0.15, -0.1) is 0 Å². The normalized spacial score (nSPS) is 23.4. The van der Waals surface area contributed by atoms with E-state index in [4.69, 9.17) is 0 Å². The molecule has 0 radical (unpaired) electrons. The smallest absolute Gasteiger partial charge is 0.0961 e. The van der Waals surface area contributed by atoms with Crippen LogP contribution in [0.15, 0.2) is 23.3 Å². The zero-order valence-electron chi connectivity index (χ0n) is 10.3. The van der Waals surface area contributed by atoms with Crippen LogP contribution >= 0.6 is 0 Å². The van der Waals surface area contributed by atoms with Crippen molar-refractivity contribution in [2.24, 2.45) is 0 Å². The molecule has 0 aromatic heterocycles. The van der Waals surface area contributed by atoms with Crippen molar-refractivity contribution < 1.29 is 5.11 Å². The van der Waals surface area contributed by atoms with Gasteiger partial charge in [-0.3, -0.25) is 0 Å². The van der Waals surface area contributed by atoms with Gasteiger partial charge in [0.15, 0.2) is 0 Å². The molecule has 0 amide bonds. The highest BCUT2D eigenvalue weighted by atomic mass is 16.3. The first kappa shape index (κ1) is 11.9. The molecular formula is C15H24O. The minimum absolute atomic E-state index is 0.254. The predicted molar refractivity (Wildman–Crippen MR) is 68.3 cm³/mol. The van der Waals surface area contributed by atoms with Crippen LogP contribution in [0.5, 0.6) is 0 Å². The summed E-state index contributed by atoms with van der Waals surface area (Å²) < 4.78 is 0. The van der Waals surface area contributed by atoms with Gasteiger partial charge < -0.3 is 5.11 Å². The Balaban J connectivity index is 2.01. The molecule has 2 aliphatic rings. The van der Waals surface area contributed by atoms with Gasteiger partial charge in [0.1, 0.15) is 0 Å². The van der Waals surface area contributed by atoms with Gasteiger partial charge in [0, 0.05) is 0 Å². The molecule has 0 aromatic rings. The number of hydrogen-bond acceptors (Lipinski definition) is 1. The van der Waals surface area contributed by atoms with E-state index in [1.54, 1.807) is 0 Å². The van der Waals surface area contributed by atoms with Crippen molar-refractivity contribution in [3.8, 4) is 0 Å². The van der Waals surface area contributed by atoms with E-state index in [2.05, 4.69) is 12.2 Å². The van der Waals surface area contributed by atoms with Crippen molar-refractivity contribution in [2.75, 3.05) is 0 Å². The fraction of sp³-hybridized carbons (Fsp3) is 0.733. The van der Waals surface area contributed by atoms with Crippen LogP contribution in [-0.2, 0) is 0 Å². The molecule has 0 aromatic carbocycles. The standard InChI is InChI=1S/C15H24O/c16-15(13-9-5-1-2-6-10-13)14-11-7-3-4-8-12-14/h9,11,15-16H,1-8,10,12H2. The van der Waals surface area contributed by atoms with Gasteiger partial charge in [0.25, 0.3) is 0 Å². The zero-order chi connectivity index (χ0) is 11.2. The molecule has 0 heterocycles. The molecule has 2 aliphatic carbocycles. The topological polar surface area (TPSA) is 20.2 Å². The van der Waals surface area contributed by atoms with Crippen LogP contribution in [0.3, 0.4) is 0 Å². The molecule has 0 saturated carbocycles. The molecule has 1 N–H and O–H groups in total. The molecule has 0 saturated heterocycles. The van der Waals surface area contributed by atoms with Gasteiger partial charge in [0.05, 0.1) is 6.10 Å². The third-order valence-corrected chi connectivity index (χ3v) is 3.85. The van der Waals surface area contributed by atoms with Crippen LogP contribution in [0.25, 0.3) is 0 Å². The number of allylic oxidation sites excluding steroid dienone is 2. The Labute approximate surface area is 99.3 Å². The SMILES string of the molecule is OC(C1=CCCCCC1)C1=CCCCCC1. The Morgan fingerprint density at radius 2 is 1.25 bits per heavy atom. The summed E-state index contributed by atoms with van der Waals surface area (Å²) in [5.41, 5.74) is 2.59. The number of rotatable bonds is 2. The molecular weight excluding hydrogens is 196 g/mol. The number of aliphatic hydroxyl groups excluding tert-OH is 1. The molecule has 1 nitrogen and oxygen atoms in total. The second kappa shape index (κ2) is 6.24. The maximum Gasteiger partial charge on any atom is 0.0961 e. The lowest BCUT2D eigenvalue weighted by atomic mass is 9.95. The lowest BCUT2D eigenvalue weighted by Gasteiger charge is -2.17. The molecule has 90 valence electrons. The minimum atomic E-state index is -0.254. The third-order valence-electron chi connectivity index (χ3n) is 3.85. The quantitative estimate of drug-likeness (QED) is 0.694. The molecule has 0 fully saturated rings. The summed E-state index contributed by atoms with van der Waals surface area (Å²) in [6, 6.07) is 0. The monoisotopic (exact) mass is 220 g/mol. The van der Waals surface area contributed by atoms with Crippen molar-refractivity contribution in [1.82, 2.24) is 0 Å². The van der Waals surface area contributed by atoms with Crippen molar-refractivity contribution in [1.29, 1.82) is 0 Å². The van der Waals surface area contributed by atoms with Gasteiger partial charge in [0.2, 0.25) is 0 Å². The highest BCUT2D eigenvalue weighted by Crippen LogP contribution is 2.28. The van der Waals surface area contributed by atoms with E-state index < -0.39 is 0 Å². The van der Waals surface area contributed by atoms with Crippen LogP contribution in [0.2, 0.25) is 0 Å². The summed E-state index contributed by atoms with van der Waals surface area (Å²) in [6.07, 6.45) is 16.7. The number of hydrogen-bond donors (Lipinski definition) is 1. The summed E-state index contributed by atoms with van der Waals surface area (Å²) in [7, 11) is 0. The van der Waals surface area contributed by atoms with Crippen LogP contribution < -0.4 is 0 Å². The highest BCUT2D eigenvalue weighted by molar-refractivity contribution is 5.24. The zero-order valence-corrected chi connectivity index (χ0v) is 10.3. The molecule has 0 unspecified atom stereocenters. The van der Waals surface area contributed by atoms with Gasteiger partial charge >= 0.3 is 0 Å². The molecule has 16 heavy (non-hydrogen) atoms. The van der Waals surface area contributed by atoms with Crippen LogP contribution in [0.4, 0.5) is 0 Å². The average Bonchev–Trinajstić information content (AvgIpc) is 2.73. The van der Waals surface area contributed by atoms with E-state index in [-0.39, 0.29) is 6.10 Å². The fourth-order valence-corrected chi connectivity index (χ4v) is 2.81. The lowest BCUT2D eigenvalue weighted by Crippen LogP contribution is -2.13. The lowest BCUT2D eigenvalue weighted by molar-refractivity contribution is 0.236. The second-order valence-electron chi connectivity index (χ2n) is 5.16. The van der Waals surface area contributed by atoms with Gasteiger partial charge in [-0.05, 0) is 62.5 Å². The fourth-order valence-electron chi connectivity index (χ4n) is 2.81. The second-order valence-corrected chi connectivity index (χ2v) is 5.16. The Bertz CT molecular complexity index is 247. The highest BCUT2D eigenvalue weighted by Gasteiger charge is 2.17. The average molecular weight is 220 g/mol. The van der Waals surface area contributed by atoms with Crippen LogP contribution in [0, 0.1) is 0 Å². The van der Waals surface area contributed by atoms with Gasteiger partial charge in [-0.1, -0.05) is 25.0 Å². The molecule has 0 spiro atoms. The van der Waals surface area contributed by atoms with Crippen molar-refractivity contribution in [3.63, 3.8) is 0 Å². The Kier molecular flexibility index (Phi) is 4.65. The summed E-state index contributed by atoms with van der Waals surface area (Å²) in [6.45, 7) is 0. The van der Waals surface area contributed by atoms with Gasteiger partial charge in [-0.2, -0.15) is 0 Å². The number of aliphatic hydroxyl groups is 1. The van der Waals surface area contributed by atoms with Crippen LogP contribution in [-0.4, -0.2) is 11.2 Å². The summed E-state index contributed by atoms with van der Waals surface area (Å²) in [5.74, 6) is 0. The Morgan fingerprint density at radius 1 is 0.750 bits per heavy atom. The Morgan fingerprint density at radius 3 is 1.75 bits per heavy atom. The van der Waals surface area contributed by atoms with E-state index in [0.29, 0.717) is 0 Å². The van der Waals surface area contributed by atoms with Crippen molar-refractivity contribution in [3.05, 3.63) is 23.3 Å². The maximum atomic E-state index is 10.4. The van der Waals surface area contributed by atoms with Crippen LogP contribution in [0.1, 0.15) is 64.2 Å². The minimum Gasteiger partial charge on any atom is -0.384 e. The predicted octanol–water partition coefficient (Wildman–Crippen LogP) is 4.13. The third kappa shape index (κ3) is 3.21.